The number of benzene rings is 2. The van der Waals surface area contributed by atoms with Gasteiger partial charge in [-0.15, -0.1) is 0 Å². The first-order valence-electron chi connectivity index (χ1n) is 11.3. The molecule has 0 aliphatic carbocycles. The third-order valence-electron chi connectivity index (χ3n) is 6.73. The molecule has 0 radical (unpaired) electrons. The SMILES string of the molecule is CC(C)[Si](OC[C@H](O)[C@@H]1O[C@H]1P(=O)(c1ccccc1)c1ccccc1)(C(C)C)C(C)C. The van der Waals surface area contributed by atoms with Crippen molar-refractivity contribution < 1.29 is 18.8 Å². The lowest BCUT2D eigenvalue weighted by Crippen LogP contribution is -2.49. The fourth-order valence-corrected chi connectivity index (χ4v) is 13.8. The molecule has 3 atom stereocenters. The molecule has 4 nitrogen and oxygen atoms in total. The smallest absolute Gasteiger partial charge is 0.200 e. The molecule has 1 aliphatic rings. The maximum absolute atomic E-state index is 14.4. The number of hydrogen-bond donors (Lipinski definition) is 1. The molecule has 1 aliphatic heterocycles. The van der Waals surface area contributed by atoms with Gasteiger partial charge in [-0.05, 0) is 16.6 Å². The molecule has 1 saturated heterocycles. The monoisotopic (exact) mass is 460 g/mol. The van der Waals surface area contributed by atoms with Crippen LogP contribution in [0.2, 0.25) is 16.6 Å². The summed E-state index contributed by atoms with van der Waals surface area (Å²) in [5.74, 6) is -0.524. The Morgan fingerprint density at radius 1 is 0.871 bits per heavy atom. The molecular weight excluding hydrogens is 423 g/mol. The Kier molecular flexibility index (Phi) is 7.65. The summed E-state index contributed by atoms with van der Waals surface area (Å²) in [5.41, 5.74) is 1.32. The van der Waals surface area contributed by atoms with E-state index in [0.717, 1.165) is 10.6 Å². The molecule has 0 amide bonds. The first-order valence-corrected chi connectivity index (χ1v) is 15.3. The first-order chi connectivity index (χ1) is 14.7. The standard InChI is InChI=1S/C25H37O4PSi/c1-18(2)31(19(3)4,20(5)6)28-17-23(26)24-25(29-24)30(27,21-13-9-7-10-14-21)22-15-11-8-12-16-22/h7-16,18-20,23-26H,17H2,1-6H3/t23-,24-,25-/m0/s1. The molecule has 1 N–H and O–H groups in total. The second kappa shape index (κ2) is 9.72. The molecule has 1 fully saturated rings. The third-order valence-corrected chi connectivity index (χ3v) is 16.1. The molecule has 0 spiro atoms. The van der Waals surface area contributed by atoms with Gasteiger partial charge in [0.1, 0.15) is 18.1 Å². The van der Waals surface area contributed by atoms with E-state index >= 15 is 0 Å². The van der Waals surface area contributed by atoms with Crippen molar-refractivity contribution in [1.82, 2.24) is 0 Å². The zero-order chi connectivity index (χ0) is 22.8. The fraction of sp³-hybridized carbons (Fsp3) is 0.520. The van der Waals surface area contributed by atoms with Crippen LogP contribution >= 0.6 is 7.14 Å². The van der Waals surface area contributed by atoms with Crippen LogP contribution in [0.3, 0.4) is 0 Å². The lowest BCUT2D eigenvalue weighted by atomic mass is 10.3. The minimum absolute atomic E-state index is 0.228. The van der Waals surface area contributed by atoms with Gasteiger partial charge in [0.15, 0.2) is 15.5 Å². The summed E-state index contributed by atoms with van der Waals surface area (Å²) in [6, 6.07) is 19.0. The normalized spacial score (nSPS) is 20.5. The number of aliphatic hydroxyl groups is 1. The average Bonchev–Trinajstić information content (AvgIpc) is 3.55. The highest BCUT2D eigenvalue weighted by molar-refractivity contribution is 7.79. The zero-order valence-corrected chi connectivity index (χ0v) is 21.5. The van der Waals surface area contributed by atoms with Gasteiger partial charge in [0, 0.05) is 10.6 Å². The summed E-state index contributed by atoms with van der Waals surface area (Å²) in [7, 11) is -5.13. The molecule has 2 aromatic rings. The van der Waals surface area contributed by atoms with E-state index in [1.807, 2.05) is 60.7 Å². The maximum Gasteiger partial charge on any atom is 0.200 e. The van der Waals surface area contributed by atoms with Gasteiger partial charge in [-0.3, -0.25) is 0 Å². The molecule has 3 rings (SSSR count). The summed E-state index contributed by atoms with van der Waals surface area (Å²) in [4.78, 5) is 0. The molecule has 1 heterocycles. The van der Waals surface area contributed by atoms with Crippen LogP contribution in [0.4, 0.5) is 0 Å². The van der Waals surface area contributed by atoms with Crippen molar-refractivity contribution >= 4 is 26.1 Å². The van der Waals surface area contributed by atoms with Gasteiger partial charge in [-0.25, -0.2) is 0 Å². The average molecular weight is 461 g/mol. The van der Waals surface area contributed by atoms with E-state index in [4.69, 9.17) is 9.16 Å². The van der Waals surface area contributed by atoms with E-state index in [2.05, 4.69) is 41.5 Å². The van der Waals surface area contributed by atoms with E-state index in [0.29, 0.717) is 16.6 Å². The molecule has 0 bridgehead atoms. The van der Waals surface area contributed by atoms with E-state index in [1.54, 1.807) is 0 Å². The molecule has 0 unspecified atom stereocenters. The van der Waals surface area contributed by atoms with Gasteiger partial charge in [0.05, 0.1) is 6.61 Å². The van der Waals surface area contributed by atoms with Gasteiger partial charge in [-0.2, -0.15) is 0 Å². The Morgan fingerprint density at radius 2 is 1.29 bits per heavy atom. The number of ether oxygens (including phenoxy) is 1. The summed E-state index contributed by atoms with van der Waals surface area (Å²) in [5, 5.41) is 12.5. The predicted molar refractivity (Wildman–Crippen MR) is 131 cm³/mol. The molecule has 0 aromatic heterocycles. The van der Waals surface area contributed by atoms with E-state index < -0.39 is 33.5 Å². The lowest BCUT2D eigenvalue weighted by Gasteiger charge is -2.42. The maximum atomic E-state index is 14.4. The number of hydrogen-bond acceptors (Lipinski definition) is 4. The molecule has 6 heteroatoms. The Hall–Kier alpha value is -1.23. The highest BCUT2D eigenvalue weighted by Gasteiger charge is 2.57. The van der Waals surface area contributed by atoms with Crippen LogP contribution in [-0.4, -0.2) is 38.1 Å². The third kappa shape index (κ3) is 4.62. The van der Waals surface area contributed by atoms with Gasteiger partial charge < -0.3 is 18.8 Å². The second-order valence-corrected chi connectivity index (χ2v) is 17.8. The lowest BCUT2D eigenvalue weighted by molar-refractivity contribution is 0.0730. The first kappa shape index (κ1) is 24.4. The van der Waals surface area contributed by atoms with Crippen molar-refractivity contribution in [2.75, 3.05) is 6.61 Å². The minimum atomic E-state index is -3.04. The Labute approximate surface area is 188 Å². The summed E-state index contributed by atoms with van der Waals surface area (Å²) in [6.07, 6.45) is -1.28. The summed E-state index contributed by atoms with van der Waals surface area (Å²) >= 11 is 0. The van der Waals surface area contributed by atoms with Crippen LogP contribution in [0.1, 0.15) is 41.5 Å². The van der Waals surface area contributed by atoms with Crippen LogP contribution in [0.5, 0.6) is 0 Å². The predicted octanol–water partition coefficient (Wildman–Crippen LogP) is 5.28. The van der Waals surface area contributed by atoms with E-state index in [-0.39, 0.29) is 6.61 Å². The minimum Gasteiger partial charge on any atom is -0.413 e. The van der Waals surface area contributed by atoms with Crippen LogP contribution in [0, 0.1) is 0 Å². The highest BCUT2D eigenvalue weighted by Crippen LogP contribution is 2.58. The van der Waals surface area contributed by atoms with Gasteiger partial charge in [-0.1, -0.05) is 102 Å². The van der Waals surface area contributed by atoms with Crippen LogP contribution in [-0.2, 0) is 13.7 Å². The molecular formula is C25H37O4PSi. The van der Waals surface area contributed by atoms with Gasteiger partial charge in [0.2, 0.25) is 0 Å². The van der Waals surface area contributed by atoms with Crippen molar-refractivity contribution in [3.63, 3.8) is 0 Å². The second-order valence-electron chi connectivity index (χ2n) is 9.52. The van der Waals surface area contributed by atoms with Crippen LogP contribution in [0.15, 0.2) is 60.7 Å². The van der Waals surface area contributed by atoms with Crippen LogP contribution in [0.25, 0.3) is 0 Å². The number of aliphatic hydroxyl groups excluding tert-OH is 1. The number of epoxide rings is 1. The van der Waals surface area contributed by atoms with Crippen LogP contribution < -0.4 is 10.6 Å². The topological polar surface area (TPSA) is 59.1 Å². The summed E-state index contributed by atoms with van der Waals surface area (Å²) in [6.45, 7) is 13.6. The van der Waals surface area contributed by atoms with E-state index in [1.165, 1.54) is 0 Å². The Morgan fingerprint density at radius 3 is 1.68 bits per heavy atom. The highest BCUT2D eigenvalue weighted by atomic mass is 31.2. The van der Waals surface area contributed by atoms with Crippen molar-refractivity contribution in [2.45, 2.75) is 76.2 Å². The van der Waals surface area contributed by atoms with Crippen molar-refractivity contribution in [2.24, 2.45) is 0 Å². The van der Waals surface area contributed by atoms with Crippen molar-refractivity contribution in [1.29, 1.82) is 0 Å². The largest absolute Gasteiger partial charge is 0.413 e. The molecule has 0 saturated carbocycles. The van der Waals surface area contributed by atoms with Gasteiger partial charge in [0.25, 0.3) is 0 Å². The Balaban J connectivity index is 1.81. The van der Waals surface area contributed by atoms with E-state index in [9.17, 15) is 9.67 Å². The molecule has 2 aromatic carbocycles. The fourth-order valence-electron chi connectivity index (χ4n) is 5.26. The quantitative estimate of drug-likeness (QED) is 0.298. The molecule has 31 heavy (non-hydrogen) atoms. The van der Waals surface area contributed by atoms with Gasteiger partial charge >= 0.3 is 0 Å². The Bertz CT molecular complexity index is 820. The number of rotatable bonds is 10. The zero-order valence-electron chi connectivity index (χ0n) is 19.6. The summed E-state index contributed by atoms with van der Waals surface area (Å²) < 4.78 is 26.8. The van der Waals surface area contributed by atoms with Crippen molar-refractivity contribution in [3.8, 4) is 0 Å². The van der Waals surface area contributed by atoms with Crippen molar-refractivity contribution in [3.05, 3.63) is 60.7 Å². The molecule has 170 valence electrons.